The molecule has 0 amide bonds. The Morgan fingerprint density at radius 2 is 1.89 bits per heavy atom. The number of nitrogens with zero attached hydrogens (tertiary/aromatic N) is 2. The van der Waals surface area contributed by atoms with Crippen LogP contribution in [0.3, 0.4) is 0 Å². The van der Waals surface area contributed by atoms with Crippen molar-refractivity contribution in [2.75, 3.05) is 6.54 Å². The normalized spacial score (nSPS) is 10.6. The average Bonchev–Trinajstić information content (AvgIpc) is 2.36. The minimum absolute atomic E-state index is 0.722. The van der Waals surface area contributed by atoms with Gasteiger partial charge in [0.25, 0.3) is 0 Å². The number of aromatic nitrogens is 2. The summed E-state index contributed by atoms with van der Waals surface area (Å²) >= 11 is 5.88. The second-order valence-electron chi connectivity index (χ2n) is 4.11. The van der Waals surface area contributed by atoms with Gasteiger partial charge in [-0.15, -0.1) is 0 Å². The molecule has 94 valence electrons. The van der Waals surface area contributed by atoms with Crippen molar-refractivity contribution in [2.45, 2.75) is 20.4 Å². The largest absolute Gasteiger partial charge is 0.311 e. The van der Waals surface area contributed by atoms with Crippen LogP contribution in [0.4, 0.5) is 0 Å². The fraction of sp³-hybridized carbons (Fsp3) is 0.286. The molecule has 1 heterocycles. The Morgan fingerprint density at radius 3 is 2.56 bits per heavy atom. The zero-order chi connectivity index (χ0) is 13.0. The standard InChI is InChI=1S/C14H16ClN3/c1-3-16-9-13-8-10(2)17-14(18-13)11-4-6-12(15)7-5-11/h4-8,16H,3,9H2,1-2H3. The van der Waals surface area contributed by atoms with Gasteiger partial charge in [-0.2, -0.15) is 0 Å². The Hall–Kier alpha value is -1.45. The summed E-state index contributed by atoms with van der Waals surface area (Å²) in [4.78, 5) is 9.01. The molecule has 0 saturated heterocycles. The number of hydrogen-bond donors (Lipinski definition) is 1. The molecule has 0 spiro atoms. The lowest BCUT2D eigenvalue weighted by molar-refractivity contribution is 0.708. The first kappa shape index (κ1) is 13.0. The van der Waals surface area contributed by atoms with Gasteiger partial charge in [-0.25, -0.2) is 9.97 Å². The average molecular weight is 262 g/mol. The summed E-state index contributed by atoms with van der Waals surface area (Å²) in [6, 6.07) is 9.59. The van der Waals surface area contributed by atoms with E-state index in [2.05, 4.69) is 22.2 Å². The van der Waals surface area contributed by atoms with Crippen molar-refractivity contribution in [2.24, 2.45) is 0 Å². The molecule has 3 nitrogen and oxygen atoms in total. The second kappa shape index (κ2) is 5.94. The maximum Gasteiger partial charge on any atom is 0.159 e. The highest BCUT2D eigenvalue weighted by Gasteiger charge is 2.04. The van der Waals surface area contributed by atoms with E-state index >= 15 is 0 Å². The SMILES string of the molecule is CCNCc1cc(C)nc(-c2ccc(Cl)cc2)n1. The van der Waals surface area contributed by atoms with Gasteiger partial charge in [-0.3, -0.25) is 0 Å². The lowest BCUT2D eigenvalue weighted by Gasteiger charge is -2.06. The molecule has 0 aliphatic heterocycles. The Labute approximate surface area is 112 Å². The molecular weight excluding hydrogens is 246 g/mol. The highest BCUT2D eigenvalue weighted by molar-refractivity contribution is 6.30. The van der Waals surface area contributed by atoms with Crippen LogP contribution >= 0.6 is 11.6 Å². The number of nitrogens with one attached hydrogen (secondary N) is 1. The maximum atomic E-state index is 5.88. The van der Waals surface area contributed by atoms with Crippen LogP contribution in [0.2, 0.25) is 5.02 Å². The van der Waals surface area contributed by atoms with E-state index in [-0.39, 0.29) is 0 Å². The van der Waals surface area contributed by atoms with Crippen molar-refractivity contribution < 1.29 is 0 Å². The topological polar surface area (TPSA) is 37.8 Å². The highest BCUT2D eigenvalue weighted by Crippen LogP contribution is 2.18. The molecule has 18 heavy (non-hydrogen) atoms. The summed E-state index contributed by atoms with van der Waals surface area (Å²) in [7, 11) is 0. The van der Waals surface area contributed by atoms with Crippen LogP contribution in [0.5, 0.6) is 0 Å². The first-order valence-electron chi connectivity index (χ1n) is 6.00. The Bertz CT molecular complexity index is 523. The Balaban J connectivity index is 2.32. The van der Waals surface area contributed by atoms with Crippen LogP contribution in [0.25, 0.3) is 11.4 Å². The summed E-state index contributed by atoms with van der Waals surface area (Å²) in [5.41, 5.74) is 2.97. The Kier molecular flexibility index (Phi) is 4.28. The molecular formula is C14H16ClN3. The first-order valence-corrected chi connectivity index (χ1v) is 6.38. The minimum atomic E-state index is 0.722. The van der Waals surface area contributed by atoms with Gasteiger partial charge in [0, 0.05) is 22.8 Å². The summed E-state index contributed by atoms with van der Waals surface area (Å²) in [5.74, 6) is 0.750. The predicted octanol–water partition coefficient (Wildman–Crippen LogP) is 3.21. The molecule has 2 aromatic rings. The van der Waals surface area contributed by atoms with E-state index in [1.165, 1.54) is 0 Å². The summed E-state index contributed by atoms with van der Waals surface area (Å²) in [5, 5.41) is 3.99. The van der Waals surface area contributed by atoms with Crippen LogP contribution < -0.4 is 5.32 Å². The molecule has 1 N–H and O–H groups in total. The Morgan fingerprint density at radius 1 is 1.17 bits per heavy atom. The third-order valence-corrected chi connectivity index (χ3v) is 2.82. The summed E-state index contributed by atoms with van der Waals surface area (Å²) in [6.07, 6.45) is 0. The van der Waals surface area contributed by atoms with E-state index in [9.17, 15) is 0 Å². The van der Waals surface area contributed by atoms with E-state index in [0.717, 1.165) is 40.9 Å². The van der Waals surface area contributed by atoms with Gasteiger partial charge >= 0.3 is 0 Å². The van der Waals surface area contributed by atoms with E-state index in [0.29, 0.717) is 0 Å². The maximum absolute atomic E-state index is 5.88. The molecule has 0 saturated carbocycles. The molecule has 0 bridgehead atoms. The van der Waals surface area contributed by atoms with Crippen molar-refractivity contribution in [3.8, 4) is 11.4 Å². The third kappa shape index (κ3) is 3.28. The lowest BCUT2D eigenvalue weighted by atomic mass is 10.2. The van der Waals surface area contributed by atoms with Gasteiger partial charge in [0.15, 0.2) is 5.82 Å². The summed E-state index contributed by atoms with van der Waals surface area (Å²) in [6.45, 7) is 5.75. The van der Waals surface area contributed by atoms with Gasteiger partial charge in [-0.05, 0) is 43.8 Å². The number of hydrogen-bond acceptors (Lipinski definition) is 3. The number of halogens is 1. The number of rotatable bonds is 4. The molecule has 0 atom stereocenters. The van der Waals surface area contributed by atoms with Crippen molar-refractivity contribution in [1.82, 2.24) is 15.3 Å². The van der Waals surface area contributed by atoms with E-state index in [1.807, 2.05) is 37.3 Å². The smallest absolute Gasteiger partial charge is 0.159 e. The number of aryl methyl sites for hydroxylation is 1. The molecule has 1 aromatic heterocycles. The molecule has 0 unspecified atom stereocenters. The monoisotopic (exact) mass is 261 g/mol. The van der Waals surface area contributed by atoms with E-state index in [1.54, 1.807) is 0 Å². The zero-order valence-electron chi connectivity index (χ0n) is 10.6. The van der Waals surface area contributed by atoms with Crippen LogP contribution in [-0.2, 0) is 6.54 Å². The fourth-order valence-corrected chi connectivity index (χ4v) is 1.83. The third-order valence-electron chi connectivity index (χ3n) is 2.57. The van der Waals surface area contributed by atoms with Crippen molar-refractivity contribution in [3.63, 3.8) is 0 Å². The highest BCUT2D eigenvalue weighted by atomic mass is 35.5. The second-order valence-corrected chi connectivity index (χ2v) is 4.55. The van der Waals surface area contributed by atoms with E-state index in [4.69, 9.17) is 11.6 Å². The molecule has 0 aliphatic carbocycles. The first-order chi connectivity index (χ1) is 8.69. The van der Waals surface area contributed by atoms with Crippen LogP contribution in [-0.4, -0.2) is 16.5 Å². The number of benzene rings is 1. The van der Waals surface area contributed by atoms with Crippen LogP contribution in [0, 0.1) is 6.92 Å². The zero-order valence-corrected chi connectivity index (χ0v) is 11.3. The fourth-order valence-electron chi connectivity index (χ4n) is 1.71. The molecule has 0 radical (unpaired) electrons. The van der Waals surface area contributed by atoms with E-state index < -0.39 is 0 Å². The van der Waals surface area contributed by atoms with Crippen molar-refractivity contribution in [3.05, 3.63) is 46.7 Å². The van der Waals surface area contributed by atoms with Crippen molar-refractivity contribution >= 4 is 11.6 Å². The minimum Gasteiger partial charge on any atom is -0.311 e. The lowest BCUT2D eigenvalue weighted by Crippen LogP contribution is -2.13. The molecule has 0 fully saturated rings. The summed E-state index contributed by atoms with van der Waals surface area (Å²) < 4.78 is 0. The van der Waals surface area contributed by atoms with Crippen molar-refractivity contribution in [1.29, 1.82) is 0 Å². The van der Waals surface area contributed by atoms with Gasteiger partial charge in [0.1, 0.15) is 0 Å². The predicted molar refractivity (Wildman–Crippen MR) is 74.6 cm³/mol. The van der Waals surface area contributed by atoms with Gasteiger partial charge in [0.2, 0.25) is 0 Å². The van der Waals surface area contributed by atoms with Gasteiger partial charge in [0.05, 0.1) is 5.69 Å². The van der Waals surface area contributed by atoms with Gasteiger partial charge in [-0.1, -0.05) is 18.5 Å². The molecule has 2 rings (SSSR count). The molecule has 1 aromatic carbocycles. The molecule has 4 heteroatoms. The van der Waals surface area contributed by atoms with Gasteiger partial charge < -0.3 is 5.32 Å². The quantitative estimate of drug-likeness (QED) is 0.918. The molecule has 0 aliphatic rings. The van der Waals surface area contributed by atoms with Crippen LogP contribution in [0.15, 0.2) is 30.3 Å². The van der Waals surface area contributed by atoms with Crippen LogP contribution in [0.1, 0.15) is 18.3 Å².